The number of carbonyl (C=O) groups is 1. The van der Waals surface area contributed by atoms with E-state index in [1.807, 2.05) is 26.0 Å². The third kappa shape index (κ3) is 3.83. The second kappa shape index (κ2) is 6.15. The van der Waals surface area contributed by atoms with Crippen LogP contribution in [-0.4, -0.2) is 25.5 Å². The number of hydrogen-bond acceptors (Lipinski definition) is 3. The lowest BCUT2D eigenvalue weighted by molar-refractivity contribution is -0.141. The minimum absolute atomic E-state index is 0.227. The normalized spacial score (nSPS) is 22.6. The van der Waals surface area contributed by atoms with Gasteiger partial charge < -0.3 is 5.11 Å². The van der Waals surface area contributed by atoms with E-state index in [4.69, 9.17) is 5.11 Å². The highest BCUT2D eigenvalue weighted by Gasteiger charge is 2.32. The summed E-state index contributed by atoms with van der Waals surface area (Å²) in [7, 11) is -3.58. The van der Waals surface area contributed by atoms with E-state index in [9.17, 15) is 13.2 Å². The van der Waals surface area contributed by atoms with Gasteiger partial charge in [0, 0.05) is 6.04 Å². The first-order valence-electron chi connectivity index (χ1n) is 7.14. The van der Waals surface area contributed by atoms with Crippen molar-refractivity contribution in [1.29, 1.82) is 0 Å². The van der Waals surface area contributed by atoms with Crippen LogP contribution in [0.2, 0.25) is 0 Å². The third-order valence-electron chi connectivity index (χ3n) is 3.96. The van der Waals surface area contributed by atoms with Crippen molar-refractivity contribution in [1.82, 2.24) is 4.72 Å². The Kier molecular flexibility index (Phi) is 4.68. The van der Waals surface area contributed by atoms with Gasteiger partial charge in [0.05, 0.1) is 10.8 Å². The van der Waals surface area contributed by atoms with E-state index >= 15 is 0 Å². The van der Waals surface area contributed by atoms with Gasteiger partial charge in [-0.15, -0.1) is 0 Å². The molecule has 0 saturated heterocycles. The molecule has 0 aliphatic heterocycles. The largest absolute Gasteiger partial charge is 0.481 e. The Labute approximate surface area is 125 Å². The molecule has 1 aromatic rings. The smallest absolute Gasteiger partial charge is 0.306 e. The van der Waals surface area contributed by atoms with Crippen LogP contribution in [0.4, 0.5) is 0 Å². The Morgan fingerprint density at radius 2 is 1.86 bits per heavy atom. The fourth-order valence-electron chi connectivity index (χ4n) is 2.63. The minimum Gasteiger partial charge on any atom is -0.481 e. The number of sulfonamides is 1. The SMILES string of the molecule is CC(C)c1ccc(S(=O)(=O)NC2CCC(C(=O)O)C2)cc1. The monoisotopic (exact) mass is 311 g/mol. The lowest BCUT2D eigenvalue weighted by atomic mass is 10.0. The van der Waals surface area contributed by atoms with Gasteiger partial charge in [-0.25, -0.2) is 13.1 Å². The molecule has 2 atom stereocenters. The summed E-state index contributed by atoms with van der Waals surface area (Å²) >= 11 is 0. The summed E-state index contributed by atoms with van der Waals surface area (Å²) in [6, 6.07) is 6.53. The molecule has 1 aliphatic rings. The molecule has 2 N–H and O–H groups in total. The van der Waals surface area contributed by atoms with Gasteiger partial charge in [-0.2, -0.15) is 0 Å². The molecule has 6 heteroatoms. The first-order valence-corrected chi connectivity index (χ1v) is 8.63. The van der Waals surface area contributed by atoms with Crippen LogP contribution in [0.5, 0.6) is 0 Å². The molecule has 0 spiro atoms. The molecule has 0 radical (unpaired) electrons. The van der Waals surface area contributed by atoms with E-state index in [0.717, 1.165) is 5.56 Å². The molecule has 116 valence electrons. The summed E-state index contributed by atoms with van der Waals surface area (Å²) < 4.78 is 27.2. The molecule has 0 heterocycles. The minimum atomic E-state index is -3.58. The van der Waals surface area contributed by atoms with Crippen LogP contribution in [0.25, 0.3) is 0 Å². The zero-order valence-corrected chi connectivity index (χ0v) is 13.1. The van der Waals surface area contributed by atoms with Gasteiger partial charge in [-0.1, -0.05) is 26.0 Å². The lowest BCUT2D eigenvalue weighted by Crippen LogP contribution is -2.33. The fraction of sp³-hybridized carbons (Fsp3) is 0.533. The Hall–Kier alpha value is -1.40. The molecule has 1 saturated carbocycles. The van der Waals surface area contributed by atoms with Gasteiger partial charge in [0.2, 0.25) is 10.0 Å². The highest BCUT2D eigenvalue weighted by Crippen LogP contribution is 2.27. The van der Waals surface area contributed by atoms with Gasteiger partial charge in [0.15, 0.2) is 0 Å². The maximum Gasteiger partial charge on any atom is 0.306 e. The zero-order valence-electron chi connectivity index (χ0n) is 12.2. The van der Waals surface area contributed by atoms with Crippen LogP contribution in [0, 0.1) is 5.92 Å². The number of nitrogens with one attached hydrogen (secondary N) is 1. The second-order valence-electron chi connectivity index (χ2n) is 5.89. The average molecular weight is 311 g/mol. The highest BCUT2D eigenvalue weighted by molar-refractivity contribution is 7.89. The predicted octanol–water partition coefficient (Wildman–Crippen LogP) is 2.34. The van der Waals surface area contributed by atoms with Gasteiger partial charge in [0.25, 0.3) is 0 Å². The molecule has 0 amide bonds. The molecular formula is C15H21NO4S. The molecule has 1 aromatic carbocycles. The lowest BCUT2D eigenvalue weighted by Gasteiger charge is -2.13. The molecule has 0 aromatic heterocycles. The fourth-order valence-corrected chi connectivity index (χ4v) is 3.92. The number of rotatable bonds is 5. The Bertz CT molecular complexity index is 607. The van der Waals surface area contributed by atoms with E-state index in [2.05, 4.69) is 4.72 Å². The molecule has 1 aliphatic carbocycles. The van der Waals surface area contributed by atoms with E-state index in [-0.39, 0.29) is 10.9 Å². The summed E-state index contributed by atoms with van der Waals surface area (Å²) in [5, 5.41) is 8.95. The van der Waals surface area contributed by atoms with Crippen molar-refractivity contribution in [3.05, 3.63) is 29.8 Å². The average Bonchev–Trinajstić information content (AvgIpc) is 2.87. The first kappa shape index (κ1) is 16.0. The maximum atomic E-state index is 12.3. The molecule has 2 unspecified atom stereocenters. The molecule has 21 heavy (non-hydrogen) atoms. The number of aliphatic carboxylic acids is 1. The molecule has 0 bridgehead atoms. The van der Waals surface area contributed by atoms with Crippen molar-refractivity contribution in [3.8, 4) is 0 Å². The summed E-state index contributed by atoms with van der Waals surface area (Å²) in [4.78, 5) is 11.1. The van der Waals surface area contributed by atoms with E-state index in [1.165, 1.54) is 0 Å². The van der Waals surface area contributed by atoms with Gasteiger partial charge in [0.1, 0.15) is 0 Å². The number of hydrogen-bond donors (Lipinski definition) is 2. The summed E-state index contributed by atoms with van der Waals surface area (Å²) in [5.74, 6) is -0.945. The Balaban J connectivity index is 2.07. The predicted molar refractivity (Wildman–Crippen MR) is 79.6 cm³/mol. The third-order valence-corrected chi connectivity index (χ3v) is 5.50. The standard InChI is InChI=1S/C15H21NO4S/c1-10(2)11-4-7-14(8-5-11)21(19,20)16-13-6-3-12(9-13)15(17)18/h4-5,7-8,10,12-13,16H,3,6,9H2,1-2H3,(H,17,18). The first-order chi connectivity index (χ1) is 9.79. The zero-order chi connectivity index (χ0) is 15.6. The summed E-state index contributed by atoms with van der Waals surface area (Å²) in [6.07, 6.45) is 1.45. The van der Waals surface area contributed by atoms with Crippen LogP contribution in [0.3, 0.4) is 0 Å². The van der Waals surface area contributed by atoms with E-state index < -0.39 is 21.9 Å². The summed E-state index contributed by atoms with van der Waals surface area (Å²) in [6.45, 7) is 4.10. The van der Waals surface area contributed by atoms with Crippen LogP contribution >= 0.6 is 0 Å². The van der Waals surface area contributed by atoms with E-state index in [1.54, 1.807) is 12.1 Å². The van der Waals surface area contributed by atoms with Crippen LogP contribution < -0.4 is 4.72 Å². The van der Waals surface area contributed by atoms with Crippen molar-refractivity contribution in [2.24, 2.45) is 5.92 Å². The van der Waals surface area contributed by atoms with Crippen molar-refractivity contribution in [3.63, 3.8) is 0 Å². The number of benzene rings is 1. The van der Waals surface area contributed by atoms with Crippen LogP contribution in [-0.2, 0) is 14.8 Å². The van der Waals surface area contributed by atoms with Gasteiger partial charge in [-0.3, -0.25) is 4.79 Å². The van der Waals surface area contributed by atoms with E-state index in [0.29, 0.717) is 25.2 Å². The molecule has 1 fully saturated rings. The Morgan fingerprint density at radius 1 is 1.24 bits per heavy atom. The summed E-state index contributed by atoms with van der Waals surface area (Å²) in [5.41, 5.74) is 1.08. The quantitative estimate of drug-likeness (QED) is 0.874. The van der Waals surface area contributed by atoms with Gasteiger partial charge >= 0.3 is 5.97 Å². The highest BCUT2D eigenvalue weighted by atomic mass is 32.2. The van der Waals surface area contributed by atoms with Crippen LogP contribution in [0.1, 0.15) is 44.6 Å². The topological polar surface area (TPSA) is 83.5 Å². The second-order valence-corrected chi connectivity index (χ2v) is 7.60. The van der Waals surface area contributed by atoms with Crippen LogP contribution in [0.15, 0.2) is 29.2 Å². The maximum absolute atomic E-state index is 12.3. The molecular weight excluding hydrogens is 290 g/mol. The van der Waals surface area contributed by atoms with Crippen molar-refractivity contribution < 1.29 is 18.3 Å². The Morgan fingerprint density at radius 3 is 2.33 bits per heavy atom. The number of carboxylic acids is 1. The van der Waals surface area contributed by atoms with Crippen molar-refractivity contribution in [2.45, 2.75) is 50.0 Å². The molecule has 5 nitrogen and oxygen atoms in total. The number of carboxylic acid groups (broad SMARTS) is 1. The van der Waals surface area contributed by atoms with Crippen molar-refractivity contribution in [2.75, 3.05) is 0 Å². The van der Waals surface area contributed by atoms with Gasteiger partial charge in [-0.05, 0) is 42.9 Å². The van der Waals surface area contributed by atoms with Crippen molar-refractivity contribution >= 4 is 16.0 Å². The molecule has 2 rings (SSSR count).